The van der Waals surface area contributed by atoms with E-state index in [2.05, 4.69) is 21.4 Å². The first kappa shape index (κ1) is 27.5. The molecule has 0 radical (unpaired) electrons. The monoisotopic (exact) mass is 588 g/mol. The average Bonchev–Trinajstić information content (AvgIpc) is 3.70. The molecule has 3 aromatic rings. The van der Waals surface area contributed by atoms with E-state index in [0.717, 1.165) is 35.7 Å². The SMILES string of the molecule is O=C(/C=C/c1cnc2c(c1)CC1(CCN(C(=O)c3ccc([N+](=O)[O-])o3)CC1)C(=O)N2)N1CCC(=Cc2cscn2)CC1. The number of furan rings is 1. The minimum absolute atomic E-state index is 0.0517. The van der Waals surface area contributed by atoms with Gasteiger partial charge in [-0.3, -0.25) is 24.5 Å². The van der Waals surface area contributed by atoms with Crippen LogP contribution >= 0.6 is 11.3 Å². The van der Waals surface area contributed by atoms with Gasteiger partial charge in [0.15, 0.2) is 5.76 Å². The molecule has 2 saturated heterocycles. The molecule has 13 heteroatoms. The van der Waals surface area contributed by atoms with Crippen molar-refractivity contribution in [2.24, 2.45) is 5.41 Å². The second-order valence-corrected chi connectivity index (χ2v) is 11.5. The van der Waals surface area contributed by atoms with Crippen LogP contribution < -0.4 is 5.32 Å². The smallest absolute Gasteiger partial charge is 0.395 e. The van der Waals surface area contributed by atoms with E-state index in [0.29, 0.717) is 51.3 Å². The van der Waals surface area contributed by atoms with Gasteiger partial charge in [0.1, 0.15) is 10.7 Å². The van der Waals surface area contributed by atoms with Crippen molar-refractivity contribution in [3.63, 3.8) is 0 Å². The van der Waals surface area contributed by atoms with E-state index in [-0.39, 0.29) is 17.6 Å². The van der Waals surface area contributed by atoms with Gasteiger partial charge in [-0.05, 0) is 67.5 Å². The average molecular weight is 589 g/mol. The highest BCUT2D eigenvalue weighted by atomic mass is 32.1. The Hall–Kier alpha value is -4.65. The Bertz CT molecular complexity index is 1590. The van der Waals surface area contributed by atoms with Gasteiger partial charge in [0.2, 0.25) is 11.8 Å². The summed E-state index contributed by atoms with van der Waals surface area (Å²) in [5.41, 5.74) is 5.02. The molecule has 3 amide bonds. The number of nitro groups is 1. The molecular formula is C29H28N6O6S. The number of anilines is 1. The third-order valence-electron chi connectivity index (χ3n) is 8.16. The van der Waals surface area contributed by atoms with Crippen molar-refractivity contribution in [2.75, 3.05) is 31.5 Å². The molecule has 0 bridgehead atoms. The number of rotatable bonds is 5. The van der Waals surface area contributed by atoms with Crippen LogP contribution in [-0.4, -0.2) is 68.6 Å². The molecule has 6 rings (SSSR count). The van der Waals surface area contributed by atoms with Crippen molar-refractivity contribution in [2.45, 2.75) is 32.1 Å². The maximum absolute atomic E-state index is 13.1. The highest BCUT2D eigenvalue weighted by Gasteiger charge is 2.46. The zero-order valence-electron chi connectivity index (χ0n) is 22.7. The first-order valence-electron chi connectivity index (χ1n) is 13.7. The number of amides is 3. The fourth-order valence-electron chi connectivity index (χ4n) is 5.72. The lowest BCUT2D eigenvalue weighted by molar-refractivity contribution is -0.402. The van der Waals surface area contributed by atoms with Crippen LogP contribution in [0.15, 0.2) is 51.4 Å². The minimum atomic E-state index is -0.698. The first-order valence-corrected chi connectivity index (χ1v) is 14.6. The van der Waals surface area contributed by atoms with Gasteiger partial charge in [-0.2, -0.15) is 0 Å². The Morgan fingerprint density at radius 2 is 1.90 bits per heavy atom. The van der Waals surface area contributed by atoms with E-state index in [1.807, 2.05) is 21.9 Å². The summed E-state index contributed by atoms with van der Waals surface area (Å²) in [6.45, 7) is 1.95. The number of nitrogens with one attached hydrogen (secondary N) is 1. The Labute approximate surface area is 244 Å². The minimum Gasteiger partial charge on any atom is -0.395 e. The molecule has 0 aliphatic carbocycles. The quantitative estimate of drug-likeness (QED) is 0.265. The van der Waals surface area contributed by atoms with Crippen molar-refractivity contribution in [3.8, 4) is 0 Å². The van der Waals surface area contributed by atoms with Crippen molar-refractivity contribution < 1.29 is 23.7 Å². The predicted octanol–water partition coefficient (Wildman–Crippen LogP) is 4.18. The Balaban J connectivity index is 1.07. The summed E-state index contributed by atoms with van der Waals surface area (Å²) >= 11 is 1.56. The van der Waals surface area contributed by atoms with Crippen LogP contribution in [0.25, 0.3) is 12.2 Å². The summed E-state index contributed by atoms with van der Waals surface area (Å²) < 4.78 is 5.06. The van der Waals surface area contributed by atoms with E-state index >= 15 is 0 Å². The summed E-state index contributed by atoms with van der Waals surface area (Å²) in [4.78, 5) is 61.1. The van der Waals surface area contributed by atoms with Gasteiger partial charge < -0.3 is 19.5 Å². The molecule has 216 valence electrons. The predicted molar refractivity (Wildman–Crippen MR) is 154 cm³/mol. The largest absolute Gasteiger partial charge is 0.433 e. The number of fused-ring (bicyclic) bond motifs is 1. The van der Waals surface area contributed by atoms with Crippen molar-refractivity contribution >= 4 is 52.9 Å². The second-order valence-electron chi connectivity index (χ2n) is 10.7. The highest BCUT2D eigenvalue weighted by Crippen LogP contribution is 2.41. The van der Waals surface area contributed by atoms with Gasteiger partial charge >= 0.3 is 5.88 Å². The number of piperidine rings is 2. The van der Waals surface area contributed by atoms with Gasteiger partial charge in [0.05, 0.1) is 22.7 Å². The van der Waals surface area contributed by atoms with E-state index in [4.69, 9.17) is 4.42 Å². The standard InChI is InChI=1S/C29H28N6O6S/c36-24(33-9-5-19(6-10-33)14-22-17-42-18-31-22)3-1-20-13-21-15-29(28(38)32-26(21)30-16-20)7-11-34(12-8-29)27(37)23-2-4-25(41-23)35(39)40/h1-4,13-14,16-18H,5-12,15H2,(H,30,32,38)/b3-1+. The molecule has 0 unspecified atom stereocenters. The number of hydrogen-bond acceptors (Lipinski definition) is 9. The van der Waals surface area contributed by atoms with Crippen LogP contribution in [0.1, 0.15) is 53.1 Å². The summed E-state index contributed by atoms with van der Waals surface area (Å²) in [5.74, 6) is -0.693. The van der Waals surface area contributed by atoms with Gasteiger partial charge in [-0.1, -0.05) is 5.57 Å². The van der Waals surface area contributed by atoms with Crippen molar-refractivity contribution in [1.82, 2.24) is 19.8 Å². The van der Waals surface area contributed by atoms with E-state index in [1.54, 1.807) is 34.6 Å². The molecule has 0 saturated carbocycles. The molecule has 0 aromatic carbocycles. The molecule has 3 aliphatic rings. The van der Waals surface area contributed by atoms with Gasteiger partial charge in [-0.15, -0.1) is 11.3 Å². The molecule has 1 N–H and O–H groups in total. The van der Waals surface area contributed by atoms with Crippen LogP contribution in [0.5, 0.6) is 0 Å². The van der Waals surface area contributed by atoms with Crippen LogP contribution in [0, 0.1) is 15.5 Å². The molecule has 3 aromatic heterocycles. The summed E-state index contributed by atoms with van der Waals surface area (Å²) in [6, 6.07) is 4.39. The molecule has 1 spiro atoms. The molecule has 3 aliphatic heterocycles. The van der Waals surface area contributed by atoms with Crippen LogP contribution in [0.4, 0.5) is 11.7 Å². The molecule has 6 heterocycles. The number of likely N-dealkylation sites (tertiary alicyclic amines) is 2. The lowest BCUT2D eigenvalue weighted by Crippen LogP contribution is -2.51. The Morgan fingerprint density at radius 1 is 1.12 bits per heavy atom. The van der Waals surface area contributed by atoms with Crippen LogP contribution in [0.2, 0.25) is 0 Å². The summed E-state index contributed by atoms with van der Waals surface area (Å²) in [6.07, 6.45) is 10.0. The van der Waals surface area contributed by atoms with Gasteiger partial charge in [0, 0.05) is 43.8 Å². The molecule has 42 heavy (non-hydrogen) atoms. The van der Waals surface area contributed by atoms with Crippen LogP contribution in [-0.2, 0) is 16.0 Å². The topological polar surface area (TPSA) is 152 Å². The molecule has 0 atom stereocenters. The number of carbonyl (C=O) groups is 3. The van der Waals surface area contributed by atoms with Crippen molar-refractivity contribution in [1.29, 1.82) is 0 Å². The molecular weight excluding hydrogens is 560 g/mol. The van der Waals surface area contributed by atoms with E-state index < -0.39 is 22.1 Å². The third-order valence-corrected chi connectivity index (χ3v) is 8.76. The maximum atomic E-state index is 13.1. The number of pyridine rings is 1. The Morgan fingerprint density at radius 3 is 2.60 bits per heavy atom. The number of carbonyl (C=O) groups excluding carboxylic acids is 3. The van der Waals surface area contributed by atoms with Crippen LogP contribution in [0.3, 0.4) is 0 Å². The second kappa shape index (κ2) is 11.3. The lowest BCUT2D eigenvalue weighted by Gasteiger charge is -2.42. The molecule has 2 fully saturated rings. The van der Waals surface area contributed by atoms with Gasteiger partial charge in [0.25, 0.3) is 5.91 Å². The van der Waals surface area contributed by atoms with E-state index in [1.165, 1.54) is 11.6 Å². The fourth-order valence-corrected chi connectivity index (χ4v) is 6.24. The zero-order valence-corrected chi connectivity index (χ0v) is 23.5. The normalized spacial score (nSPS) is 18.2. The Kier molecular flexibility index (Phi) is 7.42. The fraction of sp³-hybridized carbons (Fsp3) is 0.345. The third kappa shape index (κ3) is 5.59. The van der Waals surface area contributed by atoms with Crippen molar-refractivity contribution in [3.05, 3.63) is 79.6 Å². The number of nitrogens with zero attached hydrogens (tertiary/aromatic N) is 5. The summed E-state index contributed by atoms with van der Waals surface area (Å²) in [5, 5.41) is 15.8. The zero-order chi connectivity index (χ0) is 29.3. The number of thiazole rings is 1. The first-order chi connectivity index (χ1) is 20.3. The summed E-state index contributed by atoms with van der Waals surface area (Å²) in [7, 11) is 0. The van der Waals surface area contributed by atoms with E-state index in [9.17, 15) is 24.5 Å². The maximum Gasteiger partial charge on any atom is 0.433 e. The number of aromatic nitrogens is 2. The number of hydrogen-bond donors (Lipinski definition) is 1. The lowest BCUT2D eigenvalue weighted by atomic mass is 9.71. The van der Waals surface area contributed by atoms with Gasteiger partial charge in [-0.25, -0.2) is 9.97 Å². The molecule has 12 nitrogen and oxygen atoms in total. The highest BCUT2D eigenvalue weighted by molar-refractivity contribution is 7.07.